The predicted molar refractivity (Wildman–Crippen MR) is 121 cm³/mol. The highest BCUT2D eigenvalue weighted by molar-refractivity contribution is 5.80. The Morgan fingerprint density at radius 2 is 1.21 bits per heavy atom. The summed E-state index contributed by atoms with van der Waals surface area (Å²) in [6, 6.07) is 23.8. The van der Waals surface area contributed by atoms with Crippen molar-refractivity contribution < 1.29 is 0 Å². The van der Waals surface area contributed by atoms with E-state index in [1.807, 2.05) is 30.5 Å². The SMILES string of the molecule is C=CCC(N=Cc1ccccc1)(c1cc(C)cc(C)c1)c1cc(C)cc(C)c1. The van der Waals surface area contributed by atoms with Gasteiger partial charge in [0.2, 0.25) is 0 Å². The first-order chi connectivity index (χ1) is 13.4. The minimum atomic E-state index is -0.495. The summed E-state index contributed by atoms with van der Waals surface area (Å²) < 4.78 is 0. The Morgan fingerprint density at radius 1 is 0.750 bits per heavy atom. The average Bonchev–Trinajstić information content (AvgIpc) is 2.64. The molecule has 0 bridgehead atoms. The summed E-state index contributed by atoms with van der Waals surface area (Å²) in [5.74, 6) is 0. The minimum Gasteiger partial charge on any atom is -0.276 e. The van der Waals surface area contributed by atoms with E-state index in [0.717, 1.165) is 12.0 Å². The summed E-state index contributed by atoms with van der Waals surface area (Å²) in [5, 5.41) is 0. The van der Waals surface area contributed by atoms with Gasteiger partial charge in [0.1, 0.15) is 5.54 Å². The van der Waals surface area contributed by atoms with Gasteiger partial charge in [-0.05, 0) is 50.8 Å². The fraction of sp³-hybridized carbons (Fsp3) is 0.222. The predicted octanol–water partition coefficient (Wildman–Crippen LogP) is 6.86. The van der Waals surface area contributed by atoms with Gasteiger partial charge in [0.25, 0.3) is 0 Å². The van der Waals surface area contributed by atoms with Crippen molar-refractivity contribution >= 4 is 6.21 Å². The Balaban J connectivity index is 2.28. The number of aryl methyl sites for hydroxylation is 4. The lowest BCUT2D eigenvalue weighted by Gasteiger charge is -2.32. The van der Waals surface area contributed by atoms with Crippen LogP contribution in [0.4, 0.5) is 0 Å². The summed E-state index contributed by atoms with van der Waals surface area (Å²) in [5.41, 5.74) is 8.04. The molecule has 0 aliphatic heterocycles. The van der Waals surface area contributed by atoms with Crippen molar-refractivity contribution in [2.45, 2.75) is 39.7 Å². The van der Waals surface area contributed by atoms with Crippen LogP contribution in [0.3, 0.4) is 0 Å². The molecule has 0 N–H and O–H groups in total. The van der Waals surface area contributed by atoms with Crippen LogP contribution in [0.2, 0.25) is 0 Å². The zero-order valence-corrected chi connectivity index (χ0v) is 17.4. The van der Waals surface area contributed by atoms with E-state index in [1.165, 1.54) is 33.4 Å². The highest BCUT2D eigenvalue weighted by atomic mass is 14.9. The molecule has 0 amide bonds. The van der Waals surface area contributed by atoms with Crippen LogP contribution in [0.25, 0.3) is 0 Å². The third kappa shape index (κ3) is 4.31. The van der Waals surface area contributed by atoms with Crippen LogP contribution in [0.15, 0.2) is 84.4 Å². The monoisotopic (exact) mass is 367 g/mol. The Hall–Kier alpha value is -2.93. The van der Waals surface area contributed by atoms with Gasteiger partial charge in [-0.25, -0.2) is 0 Å². The number of aliphatic imine (C=N–C) groups is 1. The van der Waals surface area contributed by atoms with Crippen LogP contribution in [-0.4, -0.2) is 6.21 Å². The van der Waals surface area contributed by atoms with Crippen molar-refractivity contribution in [2.75, 3.05) is 0 Å². The van der Waals surface area contributed by atoms with Crippen molar-refractivity contribution in [1.82, 2.24) is 0 Å². The molecule has 1 heteroatoms. The number of hydrogen-bond acceptors (Lipinski definition) is 1. The van der Waals surface area contributed by atoms with E-state index in [0.29, 0.717) is 0 Å². The molecule has 3 rings (SSSR count). The Bertz CT molecular complexity index is 904. The molecular formula is C27H29N. The highest BCUT2D eigenvalue weighted by Gasteiger charge is 2.33. The smallest absolute Gasteiger partial charge is 0.114 e. The van der Waals surface area contributed by atoms with Crippen LogP contribution in [-0.2, 0) is 5.54 Å². The van der Waals surface area contributed by atoms with Crippen LogP contribution in [0.1, 0.15) is 45.4 Å². The molecule has 3 aromatic carbocycles. The van der Waals surface area contributed by atoms with Crippen LogP contribution in [0, 0.1) is 27.7 Å². The first kappa shape index (κ1) is 19.8. The second-order valence-corrected chi connectivity index (χ2v) is 7.77. The average molecular weight is 368 g/mol. The maximum atomic E-state index is 5.22. The number of hydrogen-bond donors (Lipinski definition) is 0. The van der Waals surface area contributed by atoms with E-state index in [2.05, 4.69) is 82.8 Å². The molecule has 0 radical (unpaired) electrons. The molecule has 1 nitrogen and oxygen atoms in total. The summed E-state index contributed by atoms with van der Waals surface area (Å²) >= 11 is 0. The number of benzene rings is 3. The third-order valence-corrected chi connectivity index (χ3v) is 5.07. The van der Waals surface area contributed by atoms with Crippen molar-refractivity contribution in [3.8, 4) is 0 Å². The minimum absolute atomic E-state index is 0.495. The molecule has 0 spiro atoms. The molecule has 3 aromatic rings. The van der Waals surface area contributed by atoms with E-state index < -0.39 is 5.54 Å². The van der Waals surface area contributed by atoms with Crippen molar-refractivity contribution in [3.63, 3.8) is 0 Å². The molecule has 28 heavy (non-hydrogen) atoms. The van der Waals surface area contributed by atoms with Gasteiger partial charge >= 0.3 is 0 Å². The summed E-state index contributed by atoms with van der Waals surface area (Å²) in [6.45, 7) is 12.7. The molecule has 0 aromatic heterocycles. The summed E-state index contributed by atoms with van der Waals surface area (Å²) in [6.07, 6.45) is 4.72. The topological polar surface area (TPSA) is 12.4 Å². The van der Waals surface area contributed by atoms with E-state index >= 15 is 0 Å². The highest BCUT2D eigenvalue weighted by Crippen LogP contribution is 2.39. The lowest BCUT2D eigenvalue weighted by Crippen LogP contribution is -2.26. The lowest BCUT2D eigenvalue weighted by molar-refractivity contribution is 0.552. The van der Waals surface area contributed by atoms with Crippen molar-refractivity contribution in [3.05, 3.63) is 118 Å². The van der Waals surface area contributed by atoms with Gasteiger partial charge in [-0.15, -0.1) is 6.58 Å². The van der Waals surface area contributed by atoms with Gasteiger partial charge in [0.15, 0.2) is 0 Å². The van der Waals surface area contributed by atoms with E-state index in [1.54, 1.807) is 0 Å². The second kappa shape index (κ2) is 8.39. The zero-order chi connectivity index (χ0) is 20.1. The maximum Gasteiger partial charge on any atom is 0.114 e. The molecule has 0 unspecified atom stereocenters. The third-order valence-electron chi connectivity index (χ3n) is 5.07. The lowest BCUT2D eigenvalue weighted by atomic mass is 9.78. The maximum absolute atomic E-state index is 5.22. The largest absolute Gasteiger partial charge is 0.276 e. The zero-order valence-electron chi connectivity index (χ0n) is 17.4. The van der Waals surface area contributed by atoms with Gasteiger partial charge in [0.05, 0.1) is 0 Å². The van der Waals surface area contributed by atoms with Gasteiger partial charge in [0, 0.05) is 6.21 Å². The van der Waals surface area contributed by atoms with E-state index in [4.69, 9.17) is 4.99 Å². The summed E-state index contributed by atoms with van der Waals surface area (Å²) in [7, 11) is 0. The Morgan fingerprint density at radius 3 is 1.64 bits per heavy atom. The van der Waals surface area contributed by atoms with Crippen LogP contribution in [0.5, 0.6) is 0 Å². The molecule has 0 saturated heterocycles. The normalized spacial score (nSPS) is 11.7. The number of nitrogens with zero attached hydrogens (tertiary/aromatic N) is 1. The fourth-order valence-electron chi connectivity index (χ4n) is 3.96. The molecule has 0 heterocycles. The van der Waals surface area contributed by atoms with E-state index in [9.17, 15) is 0 Å². The molecule has 0 saturated carbocycles. The quantitative estimate of drug-likeness (QED) is 0.333. The fourth-order valence-corrected chi connectivity index (χ4v) is 3.96. The molecule has 0 aliphatic carbocycles. The van der Waals surface area contributed by atoms with Gasteiger partial charge < -0.3 is 0 Å². The summed E-state index contributed by atoms with van der Waals surface area (Å²) in [4.78, 5) is 5.22. The molecule has 0 atom stereocenters. The standard InChI is InChI=1S/C27H29N/c1-6-12-27(25-15-20(2)13-21(3)16-25,26-17-22(4)14-23(5)18-26)28-19-24-10-8-7-9-11-24/h6-11,13-19H,1,12H2,2-5H3. The van der Waals surface area contributed by atoms with Crippen molar-refractivity contribution in [2.24, 2.45) is 4.99 Å². The second-order valence-electron chi connectivity index (χ2n) is 7.77. The molecule has 0 aliphatic rings. The number of rotatable bonds is 6. The first-order valence-corrected chi connectivity index (χ1v) is 9.82. The molecule has 0 fully saturated rings. The molecule has 142 valence electrons. The van der Waals surface area contributed by atoms with E-state index in [-0.39, 0.29) is 0 Å². The Kier molecular flexibility index (Phi) is 5.94. The first-order valence-electron chi connectivity index (χ1n) is 9.82. The van der Waals surface area contributed by atoms with Crippen LogP contribution >= 0.6 is 0 Å². The van der Waals surface area contributed by atoms with Crippen molar-refractivity contribution in [1.29, 1.82) is 0 Å². The van der Waals surface area contributed by atoms with Gasteiger partial charge in [-0.3, -0.25) is 4.99 Å². The van der Waals surface area contributed by atoms with Gasteiger partial charge in [-0.1, -0.05) is 95.1 Å². The van der Waals surface area contributed by atoms with Crippen LogP contribution < -0.4 is 0 Å². The Labute approximate surface area is 169 Å². The molecular weight excluding hydrogens is 338 g/mol. The van der Waals surface area contributed by atoms with Gasteiger partial charge in [-0.2, -0.15) is 0 Å².